The molecule has 2 heterocycles. The second-order valence-electron chi connectivity index (χ2n) is 11.8. The molecule has 8 heteroatoms. The number of benzene rings is 2. The third-order valence-corrected chi connectivity index (χ3v) is 6.83. The quantitative estimate of drug-likeness (QED) is 0.251. The number of hydrogen-bond acceptors (Lipinski definition) is 8. The second kappa shape index (κ2) is 10.7. The van der Waals surface area contributed by atoms with Crippen LogP contribution in [0.2, 0.25) is 0 Å². The van der Waals surface area contributed by atoms with Gasteiger partial charge in [-0.25, -0.2) is 9.78 Å². The van der Waals surface area contributed by atoms with Gasteiger partial charge in [0.2, 0.25) is 0 Å². The lowest BCUT2D eigenvalue weighted by Crippen LogP contribution is -2.42. The molecule has 0 aliphatic heterocycles. The van der Waals surface area contributed by atoms with Crippen LogP contribution in [0.5, 0.6) is 5.75 Å². The standard InChI is InChI=1S/C31H36N4O4/c1-18(2)17-37-22-15-24-19(3)12-26(33-27(24)25(16-22)31(4,5)6)28-34-35-30(39-28)32-21-13-23(14-21)38-29(36)20-10-8-7-9-11-20/h7-12,15-16,18,21,23H,13-14,17H2,1-6H3,(H,32,35). The van der Waals surface area contributed by atoms with Crippen LogP contribution in [0.4, 0.5) is 6.01 Å². The van der Waals surface area contributed by atoms with E-state index in [0.717, 1.165) is 27.8 Å². The summed E-state index contributed by atoms with van der Waals surface area (Å²) >= 11 is 0. The Bertz CT molecular complexity index is 1470. The van der Waals surface area contributed by atoms with E-state index in [9.17, 15) is 4.79 Å². The first kappa shape index (κ1) is 26.7. The Morgan fingerprint density at radius 2 is 1.85 bits per heavy atom. The predicted octanol–water partition coefficient (Wildman–Crippen LogP) is 6.73. The van der Waals surface area contributed by atoms with Gasteiger partial charge in [-0.1, -0.05) is 57.9 Å². The van der Waals surface area contributed by atoms with Crippen LogP contribution < -0.4 is 10.1 Å². The Kier molecular flexibility index (Phi) is 7.30. The largest absolute Gasteiger partial charge is 0.493 e. The molecule has 0 radical (unpaired) electrons. The zero-order valence-electron chi connectivity index (χ0n) is 23.4. The maximum Gasteiger partial charge on any atom is 0.338 e. The highest BCUT2D eigenvalue weighted by molar-refractivity contribution is 5.90. The predicted molar refractivity (Wildman–Crippen MR) is 151 cm³/mol. The molecule has 2 aromatic heterocycles. The van der Waals surface area contributed by atoms with Crippen molar-refractivity contribution < 1.29 is 18.7 Å². The maximum atomic E-state index is 12.3. The molecule has 1 aliphatic rings. The van der Waals surface area contributed by atoms with Crippen molar-refractivity contribution in [2.24, 2.45) is 5.92 Å². The summed E-state index contributed by atoms with van der Waals surface area (Å²) in [4.78, 5) is 17.2. The van der Waals surface area contributed by atoms with E-state index in [4.69, 9.17) is 18.9 Å². The lowest BCUT2D eigenvalue weighted by Gasteiger charge is -2.34. The van der Waals surface area contributed by atoms with Crippen molar-refractivity contribution in [1.82, 2.24) is 15.2 Å². The van der Waals surface area contributed by atoms with Crippen molar-refractivity contribution in [2.45, 2.75) is 71.9 Å². The highest BCUT2D eigenvalue weighted by atomic mass is 16.5. The van der Waals surface area contributed by atoms with E-state index >= 15 is 0 Å². The van der Waals surface area contributed by atoms with Gasteiger partial charge in [0.25, 0.3) is 5.89 Å². The zero-order valence-corrected chi connectivity index (χ0v) is 23.4. The highest BCUT2D eigenvalue weighted by Crippen LogP contribution is 2.36. The summed E-state index contributed by atoms with van der Waals surface area (Å²) in [6, 6.07) is 15.6. The van der Waals surface area contributed by atoms with Gasteiger partial charge in [-0.15, -0.1) is 5.10 Å². The van der Waals surface area contributed by atoms with E-state index in [0.29, 0.717) is 48.5 Å². The number of carbonyl (C=O) groups excluding carboxylic acids is 1. The van der Waals surface area contributed by atoms with Crippen LogP contribution in [0.3, 0.4) is 0 Å². The van der Waals surface area contributed by atoms with Crippen molar-refractivity contribution in [2.75, 3.05) is 11.9 Å². The molecule has 8 nitrogen and oxygen atoms in total. The minimum Gasteiger partial charge on any atom is -0.493 e. The molecule has 1 saturated carbocycles. The SMILES string of the molecule is Cc1cc(-c2nnc(NC3CC(OC(=O)c4ccccc4)C3)o2)nc2c(C(C)(C)C)cc(OCC(C)C)cc12. The molecule has 1 N–H and O–H groups in total. The van der Waals surface area contributed by atoms with Crippen molar-refractivity contribution in [3.05, 3.63) is 65.2 Å². The van der Waals surface area contributed by atoms with Gasteiger partial charge in [0.15, 0.2) is 0 Å². The molecule has 4 aromatic rings. The Morgan fingerprint density at radius 1 is 1.10 bits per heavy atom. The van der Waals surface area contributed by atoms with Gasteiger partial charge in [-0.05, 0) is 59.7 Å². The van der Waals surface area contributed by atoms with Crippen LogP contribution in [-0.4, -0.2) is 39.9 Å². The molecule has 0 saturated heterocycles. The number of ether oxygens (including phenoxy) is 2. The van der Waals surface area contributed by atoms with E-state index in [1.54, 1.807) is 12.1 Å². The minimum atomic E-state index is -0.301. The first-order chi connectivity index (χ1) is 18.6. The van der Waals surface area contributed by atoms with Gasteiger partial charge in [-0.3, -0.25) is 0 Å². The molecule has 0 atom stereocenters. The molecule has 0 unspecified atom stereocenters. The lowest BCUT2D eigenvalue weighted by atomic mass is 9.84. The summed E-state index contributed by atoms with van der Waals surface area (Å²) in [6.07, 6.45) is 1.23. The summed E-state index contributed by atoms with van der Waals surface area (Å²) < 4.78 is 17.6. The Labute approximate surface area is 229 Å². The number of carbonyl (C=O) groups is 1. The van der Waals surface area contributed by atoms with Crippen molar-refractivity contribution >= 4 is 22.9 Å². The summed E-state index contributed by atoms with van der Waals surface area (Å²) in [5.41, 5.74) is 4.12. The number of anilines is 1. The molecular weight excluding hydrogens is 492 g/mol. The van der Waals surface area contributed by atoms with Crippen LogP contribution in [0.15, 0.2) is 52.9 Å². The van der Waals surface area contributed by atoms with Crippen molar-refractivity contribution in [3.8, 4) is 17.3 Å². The molecular formula is C31H36N4O4. The fraction of sp³-hybridized carbons (Fsp3) is 0.419. The van der Waals surface area contributed by atoms with Crippen LogP contribution in [-0.2, 0) is 10.2 Å². The first-order valence-electron chi connectivity index (χ1n) is 13.5. The number of esters is 1. The minimum absolute atomic E-state index is 0.0925. The molecule has 5 rings (SSSR count). The average Bonchev–Trinajstić information content (AvgIpc) is 3.34. The number of hydrogen-bond donors (Lipinski definition) is 1. The molecule has 2 aromatic carbocycles. The first-order valence-corrected chi connectivity index (χ1v) is 13.5. The molecule has 204 valence electrons. The monoisotopic (exact) mass is 528 g/mol. The molecule has 0 bridgehead atoms. The van der Waals surface area contributed by atoms with Gasteiger partial charge in [0.1, 0.15) is 17.5 Å². The van der Waals surface area contributed by atoms with Crippen molar-refractivity contribution in [3.63, 3.8) is 0 Å². The number of nitrogens with one attached hydrogen (secondary N) is 1. The van der Waals surface area contributed by atoms with Gasteiger partial charge in [0, 0.05) is 24.3 Å². The topological polar surface area (TPSA) is 99.4 Å². The van der Waals surface area contributed by atoms with E-state index < -0.39 is 0 Å². The fourth-order valence-electron chi connectivity index (χ4n) is 4.63. The molecule has 39 heavy (non-hydrogen) atoms. The Morgan fingerprint density at radius 3 is 2.54 bits per heavy atom. The van der Waals surface area contributed by atoms with Gasteiger partial charge in [-0.2, -0.15) is 0 Å². The number of rotatable bonds is 8. The molecule has 0 spiro atoms. The van der Waals surface area contributed by atoms with Gasteiger partial charge < -0.3 is 19.2 Å². The normalized spacial score (nSPS) is 17.2. The summed E-state index contributed by atoms with van der Waals surface area (Å²) in [5, 5.41) is 12.8. The van der Waals surface area contributed by atoms with Crippen LogP contribution in [0, 0.1) is 12.8 Å². The Hall–Kier alpha value is -3.94. The fourth-order valence-corrected chi connectivity index (χ4v) is 4.63. The summed E-state index contributed by atoms with van der Waals surface area (Å²) in [7, 11) is 0. The zero-order chi connectivity index (χ0) is 27.7. The lowest BCUT2D eigenvalue weighted by molar-refractivity contribution is 0.00528. The van der Waals surface area contributed by atoms with E-state index in [-0.39, 0.29) is 23.5 Å². The number of nitrogens with zero attached hydrogens (tertiary/aromatic N) is 3. The molecule has 0 amide bonds. The van der Waals surface area contributed by atoms with E-state index in [2.05, 4.69) is 69.2 Å². The number of aromatic nitrogens is 3. The Balaban J connectivity index is 1.30. The number of fused-ring (bicyclic) bond motifs is 1. The van der Waals surface area contributed by atoms with Crippen LogP contribution in [0.25, 0.3) is 22.5 Å². The average molecular weight is 529 g/mol. The summed E-state index contributed by atoms with van der Waals surface area (Å²) in [6.45, 7) is 13.5. The highest BCUT2D eigenvalue weighted by Gasteiger charge is 2.33. The van der Waals surface area contributed by atoms with Crippen molar-refractivity contribution in [1.29, 1.82) is 0 Å². The smallest absolute Gasteiger partial charge is 0.338 e. The third kappa shape index (κ3) is 6.05. The van der Waals surface area contributed by atoms with E-state index in [1.807, 2.05) is 24.3 Å². The third-order valence-electron chi connectivity index (χ3n) is 6.83. The molecule has 1 aliphatic carbocycles. The van der Waals surface area contributed by atoms with E-state index in [1.165, 1.54) is 0 Å². The maximum absolute atomic E-state index is 12.3. The van der Waals surface area contributed by atoms with Gasteiger partial charge >= 0.3 is 12.0 Å². The second-order valence-corrected chi connectivity index (χ2v) is 11.8. The summed E-state index contributed by atoms with van der Waals surface area (Å²) in [5.74, 6) is 1.35. The van der Waals surface area contributed by atoms with Crippen LogP contribution >= 0.6 is 0 Å². The number of pyridine rings is 1. The van der Waals surface area contributed by atoms with Crippen LogP contribution in [0.1, 0.15) is 68.9 Å². The number of aryl methyl sites for hydroxylation is 1. The molecule has 1 fully saturated rings. The van der Waals surface area contributed by atoms with Gasteiger partial charge in [0.05, 0.1) is 17.7 Å².